The van der Waals surface area contributed by atoms with E-state index in [9.17, 15) is 4.79 Å². The zero-order valence-electron chi connectivity index (χ0n) is 10.4. The molecule has 0 aromatic carbocycles. The fourth-order valence-electron chi connectivity index (χ4n) is 1.67. The van der Waals surface area contributed by atoms with Gasteiger partial charge in [-0.05, 0) is 45.6 Å². The molecule has 0 aromatic heterocycles. The summed E-state index contributed by atoms with van der Waals surface area (Å²) in [4.78, 5) is 11.7. The van der Waals surface area contributed by atoms with Crippen LogP contribution in [0.4, 0.5) is 0 Å². The average Bonchev–Trinajstić information content (AvgIpc) is 2.15. The van der Waals surface area contributed by atoms with Crippen molar-refractivity contribution in [3.63, 3.8) is 0 Å². The van der Waals surface area contributed by atoms with Crippen LogP contribution in [-0.4, -0.2) is 36.7 Å². The molecule has 0 aliphatic heterocycles. The van der Waals surface area contributed by atoms with Gasteiger partial charge in [-0.1, -0.05) is 0 Å². The van der Waals surface area contributed by atoms with Crippen LogP contribution < -0.4 is 5.32 Å². The molecule has 1 unspecified atom stereocenters. The Bertz CT molecular complexity index is 197. The Morgan fingerprint density at radius 1 is 1.53 bits per heavy atom. The first-order valence-electron chi connectivity index (χ1n) is 5.31. The van der Waals surface area contributed by atoms with Gasteiger partial charge < -0.3 is 4.74 Å². The number of esters is 1. The topological polar surface area (TPSA) is 38.3 Å². The maximum Gasteiger partial charge on any atom is 0.325 e. The number of ether oxygens (including phenoxy) is 1. The first-order chi connectivity index (χ1) is 6.96. The zero-order valence-corrected chi connectivity index (χ0v) is 11.2. The lowest BCUT2D eigenvalue weighted by Gasteiger charge is -2.30. The molecule has 0 aliphatic carbocycles. The molecule has 0 saturated carbocycles. The molecule has 0 bridgehead atoms. The summed E-state index contributed by atoms with van der Waals surface area (Å²) in [6.07, 6.45) is 3.91. The van der Waals surface area contributed by atoms with Gasteiger partial charge in [-0.25, -0.2) is 0 Å². The third-order valence-electron chi connectivity index (χ3n) is 2.27. The molecule has 0 aliphatic rings. The van der Waals surface area contributed by atoms with Crippen LogP contribution in [0, 0.1) is 0 Å². The van der Waals surface area contributed by atoms with Crippen molar-refractivity contribution in [3.05, 3.63) is 0 Å². The van der Waals surface area contributed by atoms with Gasteiger partial charge in [0, 0.05) is 6.04 Å². The van der Waals surface area contributed by atoms with Crippen molar-refractivity contribution in [3.8, 4) is 0 Å². The predicted molar refractivity (Wildman–Crippen MR) is 66.3 cm³/mol. The van der Waals surface area contributed by atoms with E-state index in [-0.39, 0.29) is 12.0 Å². The SMILES string of the molecule is COC(=O)C(C)(CCCSC)NC(C)C. The first kappa shape index (κ1) is 14.8. The zero-order chi connectivity index (χ0) is 11.9. The maximum absolute atomic E-state index is 11.7. The van der Waals surface area contributed by atoms with Crippen LogP contribution in [0.25, 0.3) is 0 Å². The van der Waals surface area contributed by atoms with Gasteiger partial charge in [0.2, 0.25) is 0 Å². The van der Waals surface area contributed by atoms with Crippen LogP contribution in [-0.2, 0) is 9.53 Å². The summed E-state index contributed by atoms with van der Waals surface area (Å²) in [6.45, 7) is 5.99. The molecule has 15 heavy (non-hydrogen) atoms. The number of thioether (sulfide) groups is 1. The number of carbonyl (C=O) groups is 1. The van der Waals surface area contributed by atoms with Gasteiger partial charge in [-0.15, -0.1) is 0 Å². The summed E-state index contributed by atoms with van der Waals surface area (Å²) in [7, 11) is 1.44. The lowest BCUT2D eigenvalue weighted by atomic mass is 9.95. The minimum atomic E-state index is -0.543. The number of carbonyl (C=O) groups excluding carboxylic acids is 1. The van der Waals surface area contributed by atoms with Crippen LogP contribution in [0.5, 0.6) is 0 Å². The number of rotatable bonds is 7. The van der Waals surface area contributed by atoms with Gasteiger partial charge in [0.25, 0.3) is 0 Å². The highest BCUT2D eigenvalue weighted by Crippen LogP contribution is 2.17. The average molecular weight is 233 g/mol. The van der Waals surface area contributed by atoms with Crippen LogP contribution in [0.2, 0.25) is 0 Å². The van der Waals surface area contributed by atoms with E-state index in [1.165, 1.54) is 7.11 Å². The monoisotopic (exact) mass is 233 g/mol. The van der Waals surface area contributed by atoms with Crippen LogP contribution in [0.15, 0.2) is 0 Å². The minimum absolute atomic E-state index is 0.169. The normalized spacial score (nSPS) is 15.1. The Balaban J connectivity index is 4.33. The Morgan fingerprint density at radius 3 is 2.53 bits per heavy atom. The van der Waals surface area contributed by atoms with Crippen molar-refractivity contribution in [2.45, 2.75) is 45.2 Å². The molecule has 0 heterocycles. The Morgan fingerprint density at radius 2 is 2.13 bits per heavy atom. The molecule has 0 aromatic rings. The highest BCUT2D eigenvalue weighted by molar-refractivity contribution is 7.98. The molecule has 1 atom stereocenters. The summed E-state index contributed by atoms with van der Waals surface area (Å²) < 4.78 is 4.84. The molecule has 0 radical (unpaired) electrons. The van der Waals surface area contributed by atoms with Crippen LogP contribution in [0.1, 0.15) is 33.6 Å². The summed E-state index contributed by atoms with van der Waals surface area (Å²) in [6, 6.07) is 0.281. The van der Waals surface area contributed by atoms with E-state index in [0.29, 0.717) is 0 Å². The largest absolute Gasteiger partial charge is 0.468 e. The quantitative estimate of drug-likeness (QED) is 0.539. The van der Waals surface area contributed by atoms with E-state index in [4.69, 9.17) is 4.74 Å². The number of nitrogens with one attached hydrogen (secondary N) is 1. The highest BCUT2D eigenvalue weighted by Gasteiger charge is 2.33. The fourth-order valence-corrected chi connectivity index (χ4v) is 2.10. The number of hydrogen-bond acceptors (Lipinski definition) is 4. The summed E-state index contributed by atoms with van der Waals surface area (Å²) in [5.41, 5.74) is -0.543. The molecular formula is C11H23NO2S. The van der Waals surface area contributed by atoms with Gasteiger partial charge in [0.15, 0.2) is 0 Å². The Hall–Kier alpha value is -0.220. The third-order valence-corrected chi connectivity index (χ3v) is 2.97. The van der Waals surface area contributed by atoms with Crippen molar-refractivity contribution < 1.29 is 9.53 Å². The molecular weight excluding hydrogens is 210 g/mol. The van der Waals surface area contributed by atoms with Crippen molar-refractivity contribution in [2.24, 2.45) is 0 Å². The smallest absolute Gasteiger partial charge is 0.325 e. The third kappa shape index (κ3) is 5.42. The molecule has 0 amide bonds. The summed E-state index contributed by atoms with van der Waals surface area (Å²) in [5, 5.41) is 3.28. The molecule has 90 valence electrons. The van der Waals surface area contributed by atoms with Crippen LogP contribution >= 0.6 is 11.8 Å². The standard InChI is InChI=1S/C11H23NO2S/c1-9(2)12-11(3,10(13)14-4)7-6-8-15-5/h9,12H,6-8H2,1-5H3. The molecule has 0 spiro atoms. The second-order valence-electron chi connectivity index (χ2n) is 4.22. The Kier molecular flexibility index (Phi) is 7.02. The van der Waals surface area contributed by atoms with Crippen LogP contribution in [0.3, 0.4) is 0 Å². The second kappa shape index (κ2) is 7.12. The highest BCUT2D eigenvalue weighted by atomic mass is 32.2. The lowest BCUT2D eigenvalue weighted by molar-refractivity contribution is -0.148. The number of hydrogen-bond donors (Lipinski definition) is 1. The van der Waals surface area contributed by atoms with Gasteiger partial charge in [-0.3, -0.25) is 10.1 Å². The number of methoxy groups -OCH3 is 1. The van der Waals surface area contributed by atoms with Crippen molar-refractivity contribution >= 4 is 17.7 Å². The van der Waals surface area contributed by atoms with E-state index < -0.39 is 5.54 Å². The van der Waals surface area contributed by atoms with E-state index in [0.717, 1.165) is 18.6 Å². The van der Waals surface area contributed by atoms with Crippen molar-refractivity contribution in [1.29, 1.82) is 0 Å². The van der Waals surface area contributed by atoms with E-state index in [1.807, 2.05) is 20.8 Å². The predicted octanol–water partition coefficient (Wildman–Crippen LogP) is 2.06. The Labute approximate surface area is 97.3 Å². The van der Waals surface area contributed by atoms with Gasteiger partial charge in [0.1, 0.15) is 5.54 Å². The lowest BCUT2D eigenvalue weighted by Crippen LogP contribution is -2.53. The second-order valence-corrected chi connectivity index (χ2v) is 5.20. The molecule has 1 N–H and O–H groups in total. The van der Waals surface area contributed by atoms with Gasteiger partial charge in [-0.2, -0.15) is 11.8 Å². The van der Waals surface area contributed by atoms with Gasteiger partial charge in [0.05, 0.1) is 7.11 Å². The fraction of sp³-hybridized carbons (Fsp3) is 0.909. The molecule has 3 nitrogen and oxygen atoms in total. The maximum atomic E-state index is 11.7. The molecule has 0 saturated heterocycles. The summed E-state index contributed by atoms with van der Waals surface area (Å²) in [5.74, 6) is 0.907. The van der Waals surface area contributed by atoms with E-state index in [2.05, 4.69) is 11.6 Å². The van der Waals surface area contributed by atoms with E-state index >= 15 is 0 Å². The minimum Gasteiger partial charge on any atom is -0.468 e. The molecule has 0 rings (SSSR count). The van der Waals surface area contributed by atoms with E-state index in [1.54, 1.807) is 11.8 Å². The van der Waals surface area contributed by atoms with Crippen molar-refractivity contribution in [2.75, 3.05) is 19.1 Å². The first-order valence-corrected chi connectivity index (χ1v) is 6.70. The molecule has 0 fully saturated rings. The summed E-state index contributed by atoms with van der Waals surface area (Å²) >= 11 is 1.80. The molecule has 4 heteroatoms. The van der Waals surface area contributed by atoms with Crippen molar-refractivity contribution in [1.82, 2.24) is 5.32 Å². The van der Waals surface area contributed by atoms with Gasteiger partial charge >= 0.3 is 5.97 Å².